The third-order valence-corrected chi connectivity index (χ3v) is 17.5. The normalized spacial score (nSPS) is 22.7. The molecule has 1 fully saturated rings. The first-order valence-corrected chi connectivity index (χ1v) is 34.1. The molecule has 3 aliphatic rings. The molecule has 99 heavy (non-hydrogen) atoms. The summed E-state index contributed by atoms with van der Waals surface area (Å²) in [4.78, 5) is 227. The molecule has 12 amide bonds. The molecule has 0 spiro atoms. The Morgan fingerprint density at radius 1 is 0.586 bits per heavy atom. The van der Waals surface area contributed by atoms with Crippen LogP contribution in [-0.2, 0) is 93.0 Å². The zero-order valence-corrected chi connectivity index (χ0v) is 57.0. The second kappa shape index (κ2) is 41.9. The van der Waals surface area contributed by atoms with Gasteiger partial charge in [-0.3, -0.25) is 76.7 Å². The molecule has 550 valence electrons. The lowest BCUT2D eigenvalue weighted by molar-refractivity contribution is -0.149. The Labute approximate surface area is 577 Å². The van der Waals surface area contributed by atoms with Gasteiger partial charge in [-0.25, -0.2) is 4.79 Å². The highest BCUT2D eigenvalue weighted by molar-refractivity contribution is 7.98. The number of amides is 12. The average molecular weight is 1440 g/mol. The Bertz CT molecular complexity index is 3090. The Morgan fingerprint density at radius 3 is 1.58 bits per heavy atom. The second-order valence-corrected chi connectivity index (χ2v) is 26.7. The number of thioether (sulfide) groups is 2. The Morgan fingerprint density at radius 2 is 1.08 bits per heavy atom. The van der Waals surface area contributed by atoms with Crippen LogP contribution in [0.2, 0.25) is 0 Å². The molecule has 36 nitrogen and oxygen atoms in total. The Kier molecular flexibility index (Phi) is 35.6. The molecule has 1 aromatic rings. The molecule has 20 N–H and O–H groups in total. The maximum Gasteiger partial charge on any atom is 0.326 e. The minimum absolute atomic E-state index is 0.0220. The summed E-state index contributed by atoms with van der Waals surface area (Å²) >= 11 is 2.10. The van der Waals surface area contributed by atoms with E-state index in [9.17, 15) is 112 Å². The fraction of sp³-hybridized carbons (Fsp3) is 0.623. The number of carbonyl (C=O) groups is 17. The van der Waals surface area contributed by atoms with E-state index < -0.39 is 238 Å². The molecule has 4 rings (SSSR count). The summed E-state index contributed by atoms with van der Waals surface area (Å²) in [6, 6.07) is -11.8. The van der Waals surface area contributed by atoms with Crippen molar-refractivity contribution in [2.45, 2.75) is 202 Å². The number of nitrogens with zero attached hydrogens (tertiary/aromatic N) is 1. The van der Waals surface area contributed by atoms with E-state index in [1.807, 2.05) is 0 Å². The molecule has 0 aromatic heterocycles. The van der Waals surface area contributed by atoms with Crippen LogP contribution in [0.25, 0.3) is 0 Å². The average Bonchev–Trinajstić information content (AvgIpc) is 1.78. The lowest BCUT2D eigenvalue weighted by Crippen LogP contribution is -2.61. The summed E-state index contributed by atoms with van der Waals surface area (Å²) < 4.78 is 0. The highest BCUT2D eigenvalue weighted by Gasteiger charge is 2.41. The molecule has 3 heterocycles. The summed E-state index contributed by atoms with van der Waals surface area (Å²) in [6.07, 6.45) is -7.98. The number of nitrogens with two attached hydrogens (primary N) is 2. The maximum atomic E-state index is 14.5. The molecular weight excluding hydrogens is 1350 g/mol. The summed E-state index contributed by atoms with van der Waals surface area (Å²) in [6.45, 7) is 7.07. The van der Waals surface area contributed by atoms with Crippen LogP contribution < -0.4 is 64.6 Å². The van der Waals surface area contributed by atoms with Crippen LogP contribution in [0, 0.1) is 11.8 Å². The molecule has 12 atom stereocenters. The second-order valence-electron chi connectivity index (χ2n) is 24.6. The standard InChI is InChI=1S/C61H91N13O23S2/c1-29(2)21-34(62)51(86)66-36(12-16-44(63)76)54(89)72-41-27-98-25-32-8-10-33(11-9-32)26-99-28-42(58(93)70-40(22-30(3)4)60(95)74-20-6-7-43(74)61(96)97)71-52(87)35(13-17-46(78)79)65-45(77)24-64-59(94)50(31(5)75)73-55(90)38(15-19-48(82)83)67-53(88)37(14-18-47(80)81)68-56(91)39(23-49(84)85)69-57(41)92/h8-11,29-31,34-43,50,75H,6-7,12-28,62H2,1-5H3,(H2,63,76)(H,64,94)(H,65,77)(H,66,86)(H,67,88)(H,68,91)(H,69,92)(H,70,93)(H,71,87)(H,72,89)(H,73,90)(H,78,79)(H,80,81)(H,82,83)(H,84,85)(H,96,97)/t31-,34+,35+,36+,37+,38+,39+,40+,41+,42+,43+,50+/m1/s1. The number of fused-ring (bicyclic) bond motifs is 29. The van der Waals surface area contributed by atoms with Crippen LogP contribution in [0.1, 0.15) is 129 Å². The van der Waals surface area contributed by atoms with Crippen LogP contribution in [-0.4, -0.2) is 233 Å². The van der Waals surface area contributed by atoms with Gasteiger partial charge in [0.1, 0.15) is 60.4 Å². The van der Waals surface area contributed by atoms with Crippen LogP contribution in [0.15, 0.2) is 24.3 Å². The number of carboxylic acids is 5. The molecule has 38 heteroatoms. The predicted molar refractivity (Wildman–Crippen MR) is 351 cm³/mol. The number of carbonyl (C=O) groups excluding carboxylic acids is 12. The molecule has 1 saturated heterocycles. The van der Waals surface area contributed by atoms with Crippen molar-refractivity contribution in [3.05, 3.63) is 35.4 Å². The Balaban J connectivity index is 2.23. The van der Waals surface area contributed by atoms with Gasteiger partial charge < -0.3 is 100 Å². The van der Waals surface area contributed by atoms with Gasteiger partial charge in [-0.15, -0.1) is 0 Å². The van der Waals surface area contributed by atoms with Gasteiger partial charge in [0, 0.05) is 55.2 Å². The summed E-state index contributed by atoms with van der Waals surface area (Å²) in [7, 11) is 0. The first-order chi connectivity index (χ1) is 46.5. The molecule has 0 aliphatic carbocycles. The smallest absolute Gasteiger partial charge is 0.326 e. The minimum Gasteiger partial charge on any atom is -0.481 e. The summed E-state index contributed by atoms with van der Waals surface area (Å²) in [5, 5.41) is 82.7. The number of carboxylic acid groups (broad SMARTS) is 5. The van der Waals surface area contributed by atoms with E-state index >= 15 is 0 Å². The van der Waals surface area contributed by atoms with Crippen molar-refractivity contribution >= 4 is 124 Å². The zero-order chi connectivity index (χ0) is 74.4. The molecule has 0 unspecified atom stereocenters. The topological polar surface area (TPSA) is 587 Å². The molecule has 0 radical (unpaired) electrons. The van der Waals surface area contributed by atoms with Crippen molar-refractivity contribution in [3.8, 4) is 0 Å². The third-order valence-electron chi connectivity index (χ3n) is 15.3. The number of hydrogen-bond acceptors (Lipinski definition) is 21. The number of hydrogen-bond donors (Lipinski definition) is 18. The van der Waals surface area contributed by atoms with Crippen molar-refractivity contribution in [1.29, 1.82) is 0 Å². The largest absolute Gasteiger partial charge is 0.481 e. The molecule has 0 saturated carbocycles. The van der Waals surface area contributed by atoms with Crippen LogP contribution in [0.4, 0.5) is 0 Å². The van der Waals surface area contributed by atoms with Crippen molar-refractivity contribution in [2.75, 3.05) is 24.6 Å². The van der Waals surface area contributed by atoms with Gasteiger partial charge in [0.25, 0.3) is 0 Å². The number of nitrogens with one attached hydrogen (secondary N) is 10. The van der Waals surface area contributed by atoms with Crippen LogP contribution in [0.5, 0.6) is 0 Å². The monoisotopic (exact) mass is 1440 g/mol. The van der Waals surface area contributed by atoms with Gasteiger partial charge in [0.05, 0.1) is 25.1 Å². The van der Waals surface area contributed by atoms with Crippen molar-refractivity contribution in [2.24, 2.45) is 23.3 Å². The summed E-state index contributed by atoms with van der Waals surface area (Å²) in [5.74, 6) is -21.7. The number of aliphatic hydroxyl groups excluding tert-OH is 1. The number of primary amides is 1. The first kappa shape index (κ1) is 84.1. The van der Waals surface area contributed by atoms with Gasteiger partial charge in [-0.05, 0) is 81.3 Å². The highest BCUT2D eigenvalue weighted by atomic mass is 32.2. The fourth-order valence-corrected chi connectivity index (χ4v) is 12.2. The van der Waals surface area contributed by atoms with E-state index in [-0.39, 0.29) is 60.7 Å². The maximum absolute atomic E-state index is 14.5. The lowest BCUT2D eigenvalue weighted by atomic mass is 10.0. The predicted octanol–water partition coefficient (Wildman–Crippen LogP) is -4.14. The minimum atomic E-state index is -2.15. The Hall–Kier alpha value is -9.17. The number of aliphatic hydroxyl groups is 1. The molecule has 2 bridgehead atoms. The van der Waals surface area contributed by atoms with Crippen LogP contribution >= 0.6 is 23.5 Å². The molecule has 3 aliphatic heterocycles. The van der Waals surface area contributed by atoms with Gasteiger partial charge >= 0.3 is 29.8 Å². The van der Waals surface area contributed by atoms with E-state index in [4.69, 9.17) is 11.5 Å². The van der Waals surface area contributed by atoms with Crippen molar-refractivity contribution in [1.82, 2.24) is 58.1 Å². The fourth-order valence-electron chi connectivity index (χ4n) is 10.1. The first-order valence-electron chi connectivity index (χ1n) is 31.8. The van der Waals surface area contributed by atoms with Crippen LogP contribution in [0.3, 0.4) is 0 Å². The lowest BCUT2D eigenvalue weighted by Gasteiger charge is -2.30. The van der Waals surface area contributed by atoms with Crippen molar-refractivity contribution in [3.63, 3.8) is 0 Å². The number of aliphatic carboxylic acids is 5. The molecule has 1 aromatic carbocycles. The summed E-state index contributed by atoms with van der Waals surface area (Å²) in [5.41, 5.74) is 12.7. The zero-order valence-electron chi connectivity index (χ0n) is 55.4. The molecular formula is C61H91N13O23S2. The van der Waals surface area contributed by atoms with E-state index in [0.717, 1.165) is 35.3 Å². The van der Waals surface area contributed by atoms with E-state index in [2.05, 4.69) is 53.2 Å². The van der Waals surface area contributed by atoms with E-state index in [1.54, 1.807) is 52.0 Å². The highest BCUT2D eigenvalue weighted by Crippen LogP contribution is 2.23. The van der Waals surface area contributed by atoms with Gasteiger partial charge in [0.2, 0.25) is 70.9 Å². The van der Waals surface area contributed by atoms with E-state index in [0.29, 0.717) is 17.5 Å². The van der Waals surface area contributed by atoms with E-state index in [1.165, 1.54) is 0 Å². The third kappa shape index (κ3) is 30.6. The van der Waals surface area contributed by atoms with Crippen molar-refractivity contribution < 1.29 is 112 Å². The van der Waals surface area contributed by atoms with Gasteiger partial charge in [-0.1, -0.05) is 52.0 Å². The number of rotatable bonds is 27. The quantitative estimate of drug-likeness (QED) is 0.0372. The van der Waals surface area contributed by atoms with Gasteiger partial charge in [-0.2, -0.15) is 23.5 Å². The number of likely N-dealkylation sites (tertiary alicyclic amines) is 1. The number of benzene rings is 1. The SMILES string of the molecule is CC(C)C[C@H](NC(=O)[C@@H]1CSCc2ccc(cc2)CSC[C@H](NC(=O)[C@H](CCC(N)=O)NC(=O)[C@@H](N)CC(C)C)C(=O)N[C@@H](CC(=O)O)C(=O)N[C@@H](CCC(=O)O)C(=O)N[C@@H](CCC(=O)O)C(=O)N[C@@H]([C@@H](C)O)C(=O)NCC(=O)N[C@@H](CCC(=O)O)C(=O)N1)C(=O)N1CCC[C@H]1C(=O)O. The van der Waals surface area contributed by atoms with Gasteiger partial charge in [0.15, 0.2) is 0 Å².